The number of nitro groups is 1. The second-order valence-corrected chi connectivity index (χ2v) is 7.37. The van der Waals surface area contributed by atoms with Crippen molar-refractivity contribution in [3.63, 3.8) is 0 Å². The van der Waals surface area contributed by atoms with Crippen molar-refractivity contribution in [1.82, 2.24) is 4.90 Å². The maximum Gasteiger partial charge on any atom is 0.321 e. The molecule has 2 aromatic carbocycles. The number of benzene rings is 2. The molecule has 1 aliphatic heterocycles. The Labute approximate surface area is 174 Å². The second-order valence-electron chi connectivity index (χ2n) is 7.37. The summed E-state index contributed by atoms with van der Waals surface area (Å²) < 4.78 is 0. The average Bonchev–Trinajstić information content (AvgIpc) is 2.74. The minimum atomic E-state index is -0.389. The molecule has 1 aliphatic rings. The zero-order valence-electron chi connectivity index (χ0n) is 17.0. The number of urea groups is 1. The summed E-state index contributed by atoms with van der Waals surface area (Å²) in [5, 5.41) is 16.9. The molecular formula is C21H25N5O4. The molecule has 2 aromatic rings. The predicted octanol–water partition coefficient (Wildman–Crippen LogP) is 3.54. The van der Waals surface area contributed by atoms with Crippen LogP contribution >= 0.6 is 0 Å². The molecule has 2 N–H and O–H groups in total. The summed E-state index contributed by atoms with van der Waals surface area (Å²) in [7, 11) is 0. The lowest BCUT2D eigenvalue weighted by atomic mass is 10.2. The quantitative estimate of drug-likeness (QED) is 0.578. The van der Waals surface area contributed by atoms with Gasteiger partial charge in [0.1, 0.15) is 5.69 Å². The van der Waals surface area contributed by atoms with Gasteiger partial charge < -0.3 is 20.4 Å². The van der Waals surface area contributed by atoms with Gasteiger partial charge in [-0.05, 0) is 24.3 Å². The summed E-state index contributed by atoms with van der Waals surface area (Å²) in [6.45, 7) is 5.52. The molecule has 0 radical (unpaired) electrons. The molecule has 0 aliphatic carbocycles. The number of nitro benzene ring substituents is 1. The van der Waals surface area contributed by atoms with Crippen LogP contribution in [0.4, 0.5) is 27.5 Å². The summed E-state index contributed by atoms with van der Waals surface area (Å²) in [5.41, 5.74) is 1.84. The summed E-state index contributed by atoms with van der Waals surface area (Å²) in [5.74, 6) is -0.232. The zero-order valence-corrected chi connectivity index (χ0v) is 17.0. The molecule has 0 bridgehead atoms. The first kappa shape index (κ1) is 21.1. The van der Waals surface area contributed by atoms with Crippen molar-refractivity contribution >= 4 is 34.7 Å². The van der Waals surface area contributed by atoms with Gasteiger partial charge in [0, 0.05) is 49.5 Å². The summed E-state index contributed by atoms with van der Waals surface area (Å²) >= 11 is 0. The summed E-state index contributed by atoms with van der Waals surface area (Å²) in [4.78, 5) is 38.9. The molecule has 1 fully saturated rings. The van der Waals surface area contributed by atoms with Gasteiger partial charge in [0.2, 0.25) is 5.91 Å². The lowest BCUT2D eigenvalue weighted by Gasteiger charge is -2.35. The van der Waals surface area contributed by atoms with E-state index < -0.39 is 0 Å². The molecule has 3 amide bonds. The molecule has 3 rings (SSSR count). The average molecular weight is 411 g/mol. The highest BCUT2D eigenvalue weighted by Crippen LogP contribution is 2.28. The van der Waals surface area contributed by atoms with E-state index in [4.69, 9.17) is 0 Å². The van der Waals surface area contributed by atoms with Gasteiger partial charge in [0.25, 0.3) is 5.69 Å². The van der Waals surface area contributed by atoms with Gasteiger partial charge in [-0.25, -0.2) is 4.79 Å². The van der Waals surface area contributed by atoms with Gasteiger partial charge in [0.05, 0.1) is 4.92 Å². The third-order valence-corrected chi connectivity index (χ3v) is 4.89. The van der Waals surface area contributed by atoms with Gasteiger partial charge in [-0.3, -0.25) is 14.9 Å². The summed E-state index contributed by atoms with van der Waals surface area (Å²) in [6, 6.07) is 13.4. The topological polar surface area (TPSA) is 108 Å². The minimum Gasteiger partial charge on any atom is -0.362 e. The maximum atomic E-state index is 12.6. The van der Waals surface area contributed by atoms with Crippen LogP contribution in [0.2, 0.25) is 0 Å². The minimum absolute atomic E-state index is 0.0654. The number of piperazine rings is 1. The molecule has 1 saturated heterocycles. The number of hydrogen-bond acceptors (Lipinski definition) is 5. The van der Waals surface area contributed by atoms with Gasteiger partial charge in [0.15, 0.2) is 0 Å². The van der Waals surface area contributed by atoms with Crippen LogP contribution in [-0.2, 0) is 4.79 Å². The SMILES string of the molecule is CC(C)C(=O)Nc1cccc(NC(=O)N2CCN(c3ccccc3[N+](=O)[O-])CC2)c1. The number of para-hydroxylation sites is 2. The Morgan fingerprint density at radius 2 is 1.60 bits per heavy atom. The Bertz CT molecular complexity index is 938. The fourth-order valence-electron chi connectivity index (χ4n) is 3.20. The van der Waals surface area contributed by atoms with E-state index in [2.05, 4.69) is 10.6 Å². The van der Waals surface area contributed by atoms with E-state index >= 15 is 0 Å². The Balaban J connectivity index is 1.59. The highest BCUT2D eigenvalue weighted by atomic mass is 16.6. The first-order valence-corrected chi connectivity index (χ1v) is 9.80. The highest BCUT2D eigenvalue weighted by Gasteiger charge is 2.25. The Morgan fingerprint density at radius 1 is 0.967 bits per heavy atom. The fourth-order valence-corrected chi connectivity index (χ4v) is 3.20. The first-order chi connectivity index (χ1) is 14.3. The van der Waals surface area contributed by atoms with Crippen molar-refractivity contribution in [2.24, 2.45) is 5.92 Å². The van der Waals surface area contributed by atoms with Crippen LogP contribution < -0.4 is 15.5 Å². The number of anilines is 3. The van der Waals surface area contributed by atoms with Gasteiger partial charge in [-0.2, -0.15) is 0 Å². The van der Waals surface area contributed by atoms with Gasteiger partial charge in [-0.1, -0.05) is 32.0 Å². The Kier molecular flexibility index (Phi) is 6.51. The van der Waals surface area contributed by atoms with Crippen molar-refractivity contribution in [3.8, 4) is 0 Å². The lowest BCUT2D eigenvalue weighted by molar-refractivity contribution is -0.384. The van der Waals surface area contributed by atoms with Crippen LogP contribution in [0.3, 0.4) is 0 Å². The Morgan fingerprint density at radius 3 is 2.23 bits per heavy atom. The molecule has 158 valence electrons. The van der Waals surface area contributed by atoms with E-state index in [-0.39, 0.29) is 28.5 Å². The Hall–Kier alpha value is -3.62. The van der Waals surface area contributed by atoms with Gasteiger partial charge in [-0.15, -0.1) is 0 Å². The molecular weight excluding hydrogens is 386 g/mol. The normalized spacial score (nSPS) is 13.8. The smallest absolute Gasteiger partial charge is 0.321 e. The molecule has 0 atom stereocenters. The number of hydrogen-bond donors (Lipinski definition) is 2. The van der Waals surface area contributed by atoms with Crippen LogP contribution in [0.5, 0.6) is 0 Å². The number of rotatable bonds is 5. The van der Waals surface area contributed by atoms with Crippen molar-refractivity contribution < 1.29 is 14.5 Å². The zero-order chi connectivity index (χ0) is 21.7. The van der Waals surface area contributed by atoms with Gasteiger partial charge >= 0.3 is 6.03 Å². The lowest BCUT2D eigenvalue weighted by Crippen LogP contribution is -2.50. The number of nitrogens with zero attached hydrogens (tertiary/aromatic N) is 3. The van der Waals surface area contributed by atoms with Crippen LogP contribution in [0.25, 0.3) is 0 Å². The number of carbonyl (C=O) groups excluding carboxylic acids is 2. The monoisotopic (exact) mass is 411 g/mol. The standard InChI is InChI=1S/C21H25N5O4/c1-15(2)20(27)22-16-6-5-7-17(14-16)23-21(28)25-12-10-24(11-13-25)18-8-3-4-9-19(18)26(29)30/h3-9,14-15H,10-13H2,1-2H3,(H,22,27)(H,23,28). The van der Waals surface area contributed by atoms with Crippen molar-refractivity contribution in [2.75, 3.05) is 41.7 Å². The summed E-state index contributed by atoms with van der Waals surface area (Å²) in [6.07, 6.45) is 0. The van der Waals surface area contributed by atoms with Crippen LogP contribution in [-0.4, -0.2) is 47.9 Å². The molecule has 0 aromatic heterocycles. The van der Waals surface area contributed by atoms with E-state index in [0.29, 0.717) is 43.2 Å². The van der Waals surface area contributed by atoms with Crippen LogP contribution in [0, 0.1) is 16.0 Å². The predicted molar refractivity (Wildman–Crippen MR) is 116 cm³/mol. The third kappa shape index (κ3) is 5.05. The largest absolute Gasteiger partial charge is 0.362 e. The molecule has 0 unspecified atom stereocenters. The highest BCUT2D eigenvalue weighted by molar-refractivity contribution is 5.94. The van der Waals surface area contributed by atoms with Crippen LogP contribution in [0.1, 0.15) is 13.8 Å². The van der Waals surface area contributed by atoms with Crippen LogP contribution in [0.15, 0.2) is 48.5 Å². The van der Waals surface area contributed by atoms with E-state index in [9.17, 15) is 19.7 Å². The van der Waals surface area contributed by atoms with E-state index in [1.165, 1.54) is 6.07 Å². The van der Waals surface area contributed by atoms with E-state index in [1.54, 1.807) is 47.4 Å². The number of amides is 3. The molecule has 9 heteroatoms. The molecule has 9 nitrogen and oxygen atoms in total. The van der Waals surface area contributed by atoms with Crippen molar-refractivity contribution in [2.45, 2.75) is 13.8 Å². The number of carbonyl (C=O) groups is 2. The molecule has 1 heterocycles. The van der Waals surface area contributed by atoms with E-state index in [0.717, 1.165) is 0 Å². The molecule has 30 heavy (non-hydrogen) atoms. The van der Waals surface area contributed by atoms with E-state index in [1.807, 2.05) is 18.7 Å². The maximum absolute atomic E-state index is 12.6. The fraction of sp³-hybridized carbons (Fsp3) is 0.333. The third-order valence-electron chi connectivity index (χ3n) is 4.89. The first-order valence-electron chi connectivity index (χ1n) is 9.80. The molecule has 0 saturated carbocycles. The second kappa shape index (κ2) is 9.25. The molecule has 0 spiro atoms. The van der Waals surface area contributed by atoms with Crippen molar-refractivity contribution in [3.05, 3.63) is 58.6 Å². The van der Waals surface area contributed by atoms with Crippen molar-refractivity contribution in [1.29, 1.82) is 0 Å². The number of nitrogens with one attached hydrogen (secondary N) is 2.